The summed E-state index contributed by atoms with van der Waals surface area (Å²) >= 11 is 0. The molecule has 0 spiro atoms. The average molecular weight is 189 g/mol. The molecule has 1 aromatic heterocycles. The van der Waals surface area contributed by atoms with Crippen molar-refractivity contribution >= 4 is 5.78 Å². The first-order valence-corrected chi connectivity index (χ1v) is 4.74. The molecule has 0 aromatic carbocycles. The number of nitrogens with zero attached hydrogens (tertiary/aromatic N) is 1. The Morgan fingerprint density at radius 1 is 1.43 bits per heavy atom. The fourth-order valence-electron chi connectivity index (χ4n) is 1.92. The molecule has 0 bridgehead atoms. The highest BCUT2D eigenvalue weighted by Gasteiger charge is 2.38. The largest absolute Gasteiger partial charge is 0.468 e. The highest BCUT2D eigenvalue weighted by molar-refractivity contribution is 5.79. The Balaban J connectivity index is 2.28. The van der Waals surface area contributed by atoms with Crippen molar-refractivity contribution in [3.05, 3.63) is 24.2 Å². The standard InChI is InChI=1S/C11H11NO2/c12-8-11(10-2-1-7-14-10)5-3-9(13)4-6-11/h1-2,7H,3-6H2. The number of rotatable bonds is 1. The first kappa shape index (κ1) is 9.01. The van der Waals surface area contributed by atoms with E-state index in [0.29, 0.717) is 31.4 Å². The quantitative estimate of drug-likeness (QED) is 0.680. The zero-order valence-electron chi connectivity index (χ0n) is 7.82. The molecule has 1 saturated carbocycles. The smallest absolute Gasteiger partial charge is 0.133 e. The number of nitriles is 1. The second kappa shape index (κ2) is 3.30. The highest BCUT2D eigenvalue weighted by Crippen LogP contribution is 2.37. The lowest BCUT2D eigenvalue weighted by atomic mass is 9.73. The lowest BCUT2D eigenvalue weighted by Crippen LogP contribution is -2.29. The third kappa shape index (κ3) is 1.33. The van der Waals surface area contributed by atoms with Gasteiger partial charge in [0.25, 0.3) is 0 Å². The fourth-order valence-corrected chi connectivity index (χ4v) is 1.92. The summed E-state index contributed by atoms with van der Waals surface area (Å²) in [5, 5.41) is 9.18. The van der Waals surface area contributed by atoms with Crippen molar-refractivity contribution in [1.82, 2.24) is 0 Å². The summed E-state index contributed by atoms with van der Waals surface area (Å²) < 4.78 is 5.27. The van der Waals surface area contributed by atoms with Crippen molar-refractivity contribution in [2.45, 2.75) is 31.1 Å². The predicted octanol–water partition coefficient (Wildman–Crippen LogP) is 2.18. The molecule has 14 heavy (non-hydrogen) atoms. The Morgan fingerprint density at radius 2 is 2.14 bits per heavy atom. The van der Waals surface area contributed by atoms with E-state index in [1.807, 2.05) is 6.07 Å². The summed E-state index contributed by atoms with van der Waals surface area (Å²) in [5.74, 6) is 0.954. The number of furan rings is 1. The van der Waals surface area contributed by atoms with E-state index in [1.54, 1.807) is 12.3 Å². The van der Waals surface area contributed by atoms with E-state index < -0.39 is 5.41 Å². The van der Waals surface area contributed by atoms with Crippen LogP contribution in [0.5, 0.6) is 0 Å². The van der Waals surface area contributed by atoms with Crippen LogP contribution < -0.4 is 0 Å². The third-order valence-electron chi connectivity index (χ3n) is 2.87. The summed E-state index contributed by atoms with van der Waals surface area (Å²) in [5.41, 5.74) is -0.558. The Morgan fingerprint density at radius 3 is 2.64 bits per heavy atom. The minimum absolute atomic E-state index is 0.252. The van der Waals surface area contributed by atoms with Gasteiger partial charge in [0.05, 0.1) is 12.3 Å². The third-order valence-corrected chi connectivity index (χ3v) is 2.87. The minimum atomic E-state index is -0.558. The van der Waals surface area contributed by atoms with Gasteiger partial charge in [-0.05, 0) is 25.0 Å². The summed E-state index contributed by atoms with van der Waals surface area (Å²) in [6.07, 6.45) is 3.75. The van der Waals surface area contributed by atoms with Crippen LogP contribution in [0.2, 0.25) is 0 Å². The summed E-state index contributed by atoms with van der Waals surface area (Å²) in [4.78, 5) is 11.1. The molecule has 72 valence electrons. The number of hydrogen-bond donors (Lipinski definition) is 0. The van der Waals surface area contributed by atoms with Gasteiger partial charge in [-0.25, -0.2) is 0 Å². The maximum Gasteiger partial charge on any atom is 0.133 e. The number of ketones is 1. The molecule has 0 saturated heterocycles. The summed E-state index contributed by atoms with van der Waals surface area (Å²) in [7, 11) is 0. The topological polar surface area (TPSA) is 54.0 Å². The van der Waals surface area contributed by atoms with Gasteiger partial charge in [-0.3, -0.25) is 4.79 Å². The molecule has 1 aromatic rings. The lowest BCUT2D eigenvalue weighted by Gasteiger charge is -2.27. The van der Waals surface area contributed by atoms with E-state index in [1.165, 1.54) is 0 Å². The normalized spacial score (nSPS) is 20.4. The molecule has 1 aliphatic rings. The van der Waals surface area contributed by atoms with Gasteiger partial charge in [-0.15, -0.1) is 0 Å². The monoisotopic (exact) mass is 189 g/mol. The van der Waals surface area contributed by atoms with Crippen LogP contribution in [0.15, 0.2) is 22.8 Å². The van der Waals surface area contributed by atoms with Crippen molar-refractivity contribution in [3.8, 4) is 6.07 Å². The molecule has 0 atom stereocenters. The van der Waals surface area contributed by atoms with Crippen LogP contribution in [0.25, 0.3) is 0 Å². The van der Waals surface area contributed by atoms with Crippen LogP contribution in [0.3, 0.4) is 0 Å². The average Bonchev–Trinajstić information content (AvgIpc) is 2.73. The Kier molecular flexibility index (Phi) is 2.12. The summed E-state index contributed by atoms with van der Waals surface area (Å²) in [6, 6.07) is 5.90. The first-order chi connectivity index (χ1) is 6.77. The highest BCUT2D eigenvalue weighted by atomic mass is 16.3. The Hall–Kier alpha value is -1.56. The number of carbonyl (C=O) groups is 1. The van der Waals surface area contributed by atoms with E-state index in [4.69, 9.17) is 4.42 Å². The van der Waals surface area contributed by atoms with Gasteiger partial charge in [-0.2, -0.15) is 5.26 Å². The maximum atomic E-state index is 11.1. The molecule has 1 fully saturated rings. The SMILES string of the molecule is N#CC1(c2ccco2)CCC(=O)CC1. The molecule has 2 rings (SSSR count). The van der Waals surface area contributed by atoms with Gasteiger partial charge in [0.2, 0.25) is 0 Å². The van der Waals surface area contributed by atoms with E-state index in [-0.39, 0.29) is 5.78 Å². The molecular formula is C11H11NO2. The van der Waals surface area contributed by atoms with Gasteiger partial charge in [0, 0.05) is 12.8 Å². The zero-order chi connectivity index (χ0) is 10.0. The molecule has 0 aliphatic heterocycles. The second-order valence-electron chi connectivity index (χ2n) is 3.71. The lowest BCUT2D eigenvalue weighted by molar-refractivity contribution is -0.121. The Bertz CT molecular complexity index is 362. The van der Waals surface area contributed by atoms with Crippen LogP contribution in [-0.4, -0.2) is 5.78 Å². The molecule has 0 N–H and O–H groups in total. The van der Waals surface area contributed by atoms with Gasteiger partial charge in [0.15, 0.2) is 0 Å². The van der Waals surface area contributed by atoms with Gasteiger partial charge < -0.3 is 4.42 Å². The van der Waals surface area contributed by atoms with Crippen molar-refractivity contribution in [1.29, 1.82) is 5.26 Å². The van der Waals surface area contributed by atoms with E-state index >= 15 is 0 Å². The first-order valence-electron chi connectivity index (χ1n) is 4.74. The molecule has 3 nitrogen and oxygen atoms in total. The molecule has 3 heteroatoms. The second-order valence-corrected chi connectivity index (χ2v) is 3.71. The molecule has 1 aliphatic carbocycles. The van der Waals surface area contributed by atoms with Crippen LogP contribution in [0, 0.1) is 11.3 Å². The Labute approximate surface area is 82.3 Å². The molecule has 0 unspecified atom stereocenters. The van der Waals surface area contributed by atoms with Gasteiger partial charge in [-0.1, -0.05) is 0 Å². The van der Waals surface area contributed by atoms with Crippen LogP contribution in [-0.2, 0) is 10.2 Å². The van der Waals surface area contributed by atoms with E-state index in [0.717, 1.165) is 0 Å². The minimum Gasteiger partial charge on any atom is -0.468 e. The zero-order valence-corrected chi connectivity index (χ0v) is 7.82. The molecule has 0 amide bonds. The van der Waals surface area contributed by atoms with Gasteiger partial charge in [0.1, 0.15) is 17.0 Å². The fraction of sp³-hybridized carbons (Fsp3) is 0.455. The van der Waals surface area contributed by atoms with Crippen molar-refractivity contribution in [2.75, 3.05) is 0 Å². The summed E-state index contributed by atoms with van der Waals surface area (Å²) in [6.45, 7) is 0. The number of hydrogen-bond acceptors (Lipinski definition) is 3. The van der Waals surface area contributed by atoms with Gasteiger partial charge >= 0.3 is 0 Å². The van der Waals surface area contributed by atoms with Crippen molar-refractivity contribution < 1.29 is 9.21 Å². The van der Waals surface area contributed by atoms with Crippen LogP contribution >= 0.6 is 0 Å². The predicted molar refractivity (Wildman–Crippen MR) is 49.5 cm³/mol. The molecule has 0 radical (unpaired) electrons. The molecule has 1 heterocycles. The van der Waals surface area contributed by atoms with Crippen LogP contribution in [0.1, 0.15) is 31.4 Å². The van der Waals surface area contributed by atoms with E-state index in [9.17, 15) is 10.1 Å². The number of carbonyl (C=O) groups excluding carboxylic acids is 1. The van der Waals surface area contributed by atoms with Crippen molar-refractivity contribution in [2.24, 2.45) is 0 Å². The van der Waals surface area contributed by atoms with Crippen molar-refractivity contribution in [3.63, 3.8) is 0 Å². The number of Topliss-reactive ketones (excluding diaryl/α,β-unsaturated/α-hetero) is 1. The van der Waals surface area contributed by atoms with E-state index in [2.05, 4.69) is 6.07 Å². The molecular weight excluding hydrogens is 178 g/mol. The van der Waals surface area contributed by atoms with Crippen LogP contribution in [0.4, 0.5) is 0 Å². The maximum absolute atomic E-state index is 11.1.